The van der Waals surface area contributed by atoms with Crippen LogP contribution in [0.2, 0.25) is 0 Å². The van der Waals surface area contributed by atoms with Crippen LogP contribution in [0.25, 0.3) is 0 Å². The number of amides is 1. The van der Waals surface area contributed by atoms with E-state index in [0.29, 0.717) is 24.7 Å². The van der Waals surface area contributed by atoms with Gasteiger partial charge in [0.05, 0.1) is 0 Å². The maximum atomic E-state index is 11.7. The Labute approximate surface area is 123 Å². The smallest absolute Gasteiger partial charge is 0.407 e. The van der Waals surface area contributed by atoms with Gasteiger partial charge in [-0.1, -0.05) is 19.8 Å². The lowest BCUT2D eigenvalue weighted by Crippen LogP contribution is -2.54. The Bertz CT molecular complexity index is 296. The third-order valence-corrected chi connectivity index (χ3v) is 3.44. The van der Waals surface area contributed by atoms with E-state index >= 15 is 0 Å². The number of hydrogen-bond donors (Lipinski definition) is 3. The fraction of sp³-hybridized carbons (Fsp3) is 0.933. The predicted molar refractivity (Wildman–Crippen MR) is 81.7 cm³/mol. The van der Waals surface area contributed by atoms with E-state index in [-0.39, 0.29) is 6.09 Å². The molecule has 5 nitrogen and oxygen atoms in total. The van der Waals surface area contributed by atoms with Crippen LogP contribution in [0.15, 0.2) is 0 Å². The minimum Gasteiger partial charge on any atom is -0.444 e. The van der Waals surface area contributed by atoms with Crippen LogP contribution in [0.5, 0.6) is 0 Å². The zero-order chi connectivity index (χ0) is 15.2. The molecule has 0 heterocycles. The van der Waals surface area contributed by atoms with E-state index in [9.17, 15) is 4.79 Å². The molecule has 1 aliphatic rings. The fourth-order valence-electron chi connectivity index (χ4n) is 2.35. The summed E-state index contributed by atoms with van der Waals surface area (Å²) in [6.45, 7) is 8.40. The van der Waals surface area contributed by atoms with E-state index in [0.717, 1.165) is 32.1 Å². The third kappa shape index (κ3) is 7.10. The molecule has 0 aromatic rings. The molecule has 0 aromatic carbocycles. The summed E-state index contributed by atoms with van der Waals surface area (Å²) in [7, 11) is 0. The quantitative estimate of drug-likeness (QED) is 0.670. The molecule has 0 saturated heterocycles. The highest BCUT2D eigenvalue weighted by Crippen LogP contribution is 2.18. The van der Waals surface area contributed by atoms with Crippen molar-refractivity contribution in [3.8, 4) is 0 Å². The molecular formula is C15H31N3O2. The summed E-state index contributed by atoms with van der Waals surface area (Å²) in [5, 5.41) is 6.44. The first kappa shape index (κ1) is 17.2. The van der Waals surface area contributed by atoms with E-state index in [1.807, 2.05) is 20.8 Å². The molecule has 0 aromatic heterocycles. The van der Waals surface area contributed by atoms with Crippen molar-refractivity contribution in [2.24, 2.45) is 5.73 Å². The van der Waals surface area contributed by atoms with Gasteiger partial charge < -0.3 is 21.1 Å². The average molecular weight is 285 g/mol. The molecule has 118 valence electrons. The Kier molecular flexibility index (Phi) is 6.76. The second-order valence-corrected chi connectivity index (χ2v) is 6.82. The van der Waals surface area contributed by atoms with Gasteiger partial charge in [-0.3, -0.25) is 0 Å². The number of unbranched alkanes of at least 4 members (excludes halogenated alkanes) is 1. The monoisotopic (exact) mass is 285 g/mol. The summed E-state index contributed by atoms with van der Waals surface area (Å²) >= 11 is 0. The van der Waals surface area contributed by atoms with Crippen molar-refractivity contribution in [3.05, 3.63) is 0 Å². The van der Waals surface area contributed by atoms with Crippen molar-refractivity contribution >= 4 is 6.09 Å². The van der Waals surface area contributed by atoms with Crippen molar-refractivity contribution in [1.29, 1.82) is 0 Å². The van der Waals surface area contributed by atoms with Crippen LogP contribution in [0, 0.1) is 0 Å². The summed E-state index contributed by atoms with van der Waals surface area (Å²) < 4.78 is 5.26. The Hall–Kier alpha value is -0.810. The normalized spacial score (nSPS) is 23.9. The Morgan fingerprint density at radius 3 is 2.55 bits per heavy atom. The molecule has 0 bridgehead atoms. The number of nitrogens with one attached hydrogen (secondary N) is 2. The van der Waals surface area contributed by atoms with Crippen molar-refractivity contribution in [1.82, 2.24) is 10.6 Å². The van der Waals surface area contributed by atoms with E-state index in [4.69, 9.17) is 10.5 Å². The molecule has 1 aliphatic carbocycles. The molecule has 5 heteroatoms. The average Bonchev–Trinajstić information content (AvgIpc) is 2.28. The molecule has 1 amide bonds. The van der Waals surface area contributed by atoms with Crippen molar-refractivity contribution in [2.45, 2.75) is 83.5 Å². The number of nitrogens with two attached hydrogens (primary N) is 1. The summed E-state index contributed by atoms with van der Waals surface area (Å²) in [5.41, 5.74) is 5.36. The lowest BCUT2D eigenvalue weighted by atomic mass is 9.87. The minimum atomic E-state index is -0.447. The maximum Gasteiger partial charge on any atom is 0.407 e. The van der Waals surface area contributed by atoms with Crippen molar-refractivity contribution in [2.75, 3.05) is 6.54 Å². The highest BCUT2D eigenvalue weighted by atomic mass is 16.6. The molecule has 1 unspecified atom stereocenters. The Balaban J connectivity index is 2.30. The molecule has 0 spiro atoms. The molecule has 20 heavy (non-hydrogen) atoms. The van der Waals surface area contributed by atoms with Gasteiger partial charge in [-0.15, -0.1) is 0 Å². The number of alkyl carbamates (subject to hydrolysis) is 1. The van der Waals surface area contributed by atoms with Gasteiger partial charge in [0.1, 0.15) is 5.60 Å². The fourth-order valence-corrected chi connectivity index (χ4v) is 2.35. The molecular weight excluding hydrogens is 254 g/mol. The lowest BCUT2D eigenvalue weighted by Gasteiger charge is -2.36. The summed E-state index contributed by atoms with van der Waals surface area (Å²) in [6.07, 6.45) is 5.12. The molecule has 1 fully saturated rings. The number of ether oxygens (including phenoxy) is 1. The highest BCUT2D eigenvalue weighted by molar-refractivity contribution is 5.67. The highest BCUT2D eigenvalue weighted by Gasteiger charge is 2.27. The number of rotatable bonds is 7. The van der Waals surface area contributed by atoms with Gasteiger partial charge in [-0.25, -0.2) is 4.79 Å². The topological polar surface area (TPSA) is 76.4 Å². The zero-order valence-electron chi connectivity index (χ0n) is 13.4. The molecule has 0 radical (unpaired) electrons. The Morgan fingerprint density at radius 1 is 1.40 bits per heavy atom. The second-order valence-electron chi connectivity index (χ2n) is 6.82. The van der Waals surface area contributed by atoms with E-state index in [1.165, 1.54) is 0 Å². The predicted octanol–water partition coefficient (Wildman–Crippen LogP) is 2.15. The van der Waals surface area contributed by atoms with Gasteiger partial charge in [0.25, 0.3) is 0 Å². The van der Waals surface area contributed by atoms with Crippen molar-refractivity contribution < 1.29 is 9.53 Å². The molecule has 1 saturated carbocycles. The molecule has 1 atom stereocenters. The number of hydrogen-bond acceptors (Lipinski definition) is 4. The van der Waals surface area contributed by atoms with Gasteiger partial charge in [-0.2, -0.15) is 0 Å². The molecule has 1 rings (SSSR count). The van der Waals surface area contributed by atoms with Crippen LogP contribution >= 0.6 is 0 Å². The summed E-state index contributed by atoms with van der Waals surface area (Å²) in [4.78, 5) is 11.7. The third-order valence-electron chi connectivity index (χ3n) is 3.44. The summed E-state index contributed by atoms with van der Waals surface area (Å²) in [5.74, 6) is 0. The van der Waals surface area contributed by atoms with Gasteiger partial charge in [0.15, 0.2) is 0 Å². The van der Waals surface area contributed by atoms with Gasteiger partial charge in [-0.05, 0) is 40.0 Å². The van der Waals surface area contributed by atoms with E-state index in [1.54, 1.807) is 0 Å². The van der Waals surface area contributed by atoms with Gasteiger partial charge >= 0.3 is 6.09 Å². The van der Waals surface area contributed by atoms with Gasteiger partial charge in [0, 0.05) is 24.7 Å². The molecule has 4 N–H and O–H groups in total. The van der Waals surface area contributed by atoms with Crippen LogP contribution < -0.4 is 16.4 Å². The lowest BCUT2D eigenvalue weighted by molar-refractivity contribution is 0.0519. The summed E-state index contributed by atoms with van der Waals surface area (Å²) in [6, 6.07) is 1.16. The largest absolute Gasteiger partial charge is 0.444 e. The first-order valence-electron chi connectivity index (χ1n) is 7.78. The second kappa shape index (κ2) is 7.84. The van der Waals surface area contributed by atoms with Crippen LogP contribution in [0.3, 0.4) is 0 Å². The number of carbonyl (C=O) groups is 1. The van der Waals surface area contributed by atoms with Crippen LogP contribution in [-0.2, 0) is 4.74 Å². The first-order chi connectivity index (χ1) is 9.30. The van der Waals surface area contributed by atoms with Crippen LogP contribution in [0.4, 0.5) is 4.79 Å². The SMILES string of the molecule is CCCCC(CNC(=O)OC(C)(C)C)NC1CC(N)C1. The zero-order valence-corrected chi connectivity index (χ0v) is 13.4. The van der Waals surface area contributed by atoms with E-state index < -0.39 is 5.60 Å². The molecule has 0 aliphatic heterocycles. The van der Waals surface area contributed by atoms with Crippen LogP contribution in [0.1, 0.15) is 59.8 Å². The van der Waals surface area contributed by atoms with Crippen molar-refractivity contribution in [3.63, 3.8) is 0 Å². The Morgan fingerprint density at radius 2 is 2.05 bits per heavy atom. The standard InChI is InChI=1S/C15H31N3O2/c1-5-6-7-12(18-13-8-11(16)9-13)10-17-14(19)20-15(2,3)4/h11-13,18H,5-10,16H2,1-4H3,(H,17,19). The van der Waals surface area contributed by atoms with Crippen LogP contribution in [-0.4, -0.2) is 36.4 Å². The minimum absolute atomic E-state index is 0.306. The maximum absolute atomic E-state index is 11.7. The van der Waals surface area contributed by atoms with E-state index in [2.05, 4.69) is 17.6 Å². The van der Waals surface area contributed by atoms with Gasteiger partial charge in [0.2, 0.25) is 0 Å². The first-order valence-corrected chi connectivity index (χ1v) is 7.78. The number of carbonyl (C=O) groups excluding carboxylic acids is 1.